The summed E-state index contributed by atoms with van der Waals surface area (Å²) in [7, 11) is 0. The van der Waals surface area contributed by atoms with E-state index in [0.29, 0.717) is 0 Å². The van der Waals surface area contributed by atoms with Gasteiger partial charge in [-0.3, -0.25) is 0 Å². The number of hydrogen-bond acceptors (Lipinski definition) is 3. The van der Waals surface area contributed by atoms with Gasteiger partial charge in [-0.1, -0.05) is 0 Å². The minimum atomic E-state index is -1.34. The lowest BCUT2D eigenvalue weighted by Crippen LogP contribution is -2.13. The first-order valence-corrected chi connectivity index (χ1v) is 2.66. The van der Waals surface area contributed by atoms with Crippen LogP contribution in [0.2, 0.25) is 0 Å². The molecule has 0 fully saturated rings. The van der Waals surface area contributed by atoms with Crippen molar-refractivity contribution in [2.24, 2.45) is 0 Å². The highest BCUT2D eigenvalue weighted by atomic mass is 16.8. The minimum absolute atomic E-state index is 0.228. The Kier molecular flexibility index (Phi) is 3.79. The fourth-order valence-corrected chi connectivity index (χ4v) is 0.287. The summed E-state index contributed by atoms with van der Waals surface area (Å²) >= 11 is 0. The summed E-state index contributed by atoms with van der Waals surface area (Å²) in [6.07, 6.45) is -2.25. The van der Waals surface area contributed by atoms with Gasteiger partial charge in [0.15, 0.2) is 0 Å². The van der Waals surface area contributed by atoms with E-state index >= 15 is 0 Å². The van der Waals surface area contributed by atoms with E-state index < -0.39 is 12.4 Å². The second kappa shape index (κ2) is 4.14. The predicted molar refractivity (Wildman–Crippen MR) is 28.3 cm³/mol. The average Bonchev–Trinajstić information content (AvgIpc) is 1.63. The van der Waals surface area contributed by atoms with Crippen LogP contribution < -0.4 is 0 Å². The van der Waals surface area contributed by atoms with Crippen molar-refractivity contribution in [3.05, 3.63) is 0 Å². The molecule has 9 heavy (non-hydrogen) atoms. The summed E-state index contributed by atoms with van der Waals surface area (Å²) in [6.45, 7) is 3.08. The van der Waals surface area contributed by atoms with Gasteiger partial charge in [0.1, 0.15) is 0 Å². The maximum atomic E-state index is 10.2. The summed E-state index contributed by atoms with van der Waals surface area (Å²) in [4.78, 5) is 10.2. The van der Waals surface area contributed by atoms with E-state index in [4.69, 9.17) is 0 Å². The number of hydrogen-bond donors (Lipinski definition) is 0. The molecule has 0 aliphatic rings. The molecule has 1 atom stereocenters. The molecule has 0 saturated carbocycles. The van der Waals surface area contributed by atoms with E-state index in [0.717, 1.165) is 0 Å². The Morgan fingerprint density at radius 2 is 2.22 bits per heavy atom. The van der Waals surface area contributed by atoms with E-state index in [2.05, 4.69) is 9.47 Å². The van der Waals surface area contributed by atoms with Crippen LogP contribution in [0.1, 0.15) is 13.8 Å². The van der Waals surface area contributed by atoms with E-state index in [1.165, 1.54) is 6.92 Å². The molecular weight excluding hydrogens is 124 g/mol. The highest BCUT2D eigenvalue weighted by Gasteiger charge is 2.05. The molecule has 0 aromatic rings. The van der Waals surface area contributed by atoms with Crippen molar-refractivity contribution < 1.29 is 19.4 Å². The summed E-state index contributed by atoms with van der Waals surface area (Å²) in [5.74, 6) is 0. The zero-order chi connectivity index (χ0) is 7.28. The molecule has 0 rings (SSSR count). The summed E-state index contributed by atoms with van der Waals surface area (Å²) < 4.78 is 8.37. The van der Waals surface area contributed by atoms with Crippen molar-refractivity contribution in [3.8, 4) is 0 Å². The lowest BCUT2D eigenvalue weighted by atomic mass is 10.8. The molecule has 4 nitrogen and oxygen atoms in total. The average molecular weight is 133 g/mol. The molecule has 1 radical (unpaired) electrons. The first kappa shape index (κ1) is 8.23. The summed E-state index contributed by atoms with van der Waals surface area (Å²) in [5.41, 5.74) is 0. The highest BCUT2D eigenvalue weighted by Crippen LogP contribution is 1.89. The molecule has 0 N–H and O–H groups in total. The number of ether oxygens (including phenoxy) is 2. The SMILES string of the molecule is CCOC(=O)OC(C)[O]. The zero-order valence-electron chi connectivity index (χ0n) is 5.42. The van der Waals surface area contributed by atoms with E-state index in [1.54, 1.807) is 6.92 Å². The van der Waals surface area contributed by atoms with Gasteiger partial charge in [-0.05, 0) is 6.92 Å². The summed E-state index contributed by atoms with van der Waals surface area (Å²) in [5, 5.41) is 10.1. The Hall–Kier alpha value is -0.770. The van der Waals surface area contributed by atoms with Crippen molar-refractivity contribution in [2.75, 3.05) is 6.61 Å². The number of rotatable bonds is 2. The van der Waals surface area contributed by atoms with Gasteiger partial charge >= 0.3 is 6.16 Å². The van der Waals surface area contributed by atoms with E-state index in [-0.39, 0.29) is 6.61 Å². The maximum Gasteiger partial charge on any atom is 0.510 e. The maximum absolute atomic E-state index is 10.2. The molecule has 0 spiro atoms. The number of carbonyl (C=O) groups excluding carboxylic acids is 1. The number of carbonyl (C=O) groups is 1. The van der Waals surface area contributed by atoms with Crippen molar-refractivity contribution in [2.45, 2.75) is 20.1 Å². The first-order chi connectivity index (χ1) is 4.16. The molecule has 1 unspecified atom stereocenters. The van der Waals surface area contributed by atoms with Gasteiger partial charge in [-0.15, -0.1) is 0 Å². The van der Waals surface area contributed by atoms with Crippen LogP contribution in [0, 0.1) is 0 Å². The molecule has 0 aliphatic heterocycles. The minimum Gasteiger partial charge on any atom is -0.435 e. The molecule has 53 valence electrons. The predicted octanol–water partition coefficient (Wildman–Crippen LogP) is 0.936. The highest BCUT2D eigenvalue weighted by molar-refractivity contribution is 5.59. The van der Waals surface area contributed by atoms with Gasteiger partial charge in [0.05, 0.1) is 6.61 Å². The molecule has 0 bridgehead atoms. The van der Waals surface area contributed by atoms with Crippen LogP contribution in [-0.4, -0.2) is 19.1 Å². The molecule has 0 aliphatic carbocycles. The first-order valence-electron chi connectivity index (χ1n) is 2.66. The Morgan fingerprint density at radius 3 is 2.56 bits per heavy atom. The Labute approximate surface area is 53.4 Å². The van der Waals surface area contributed by atoms with Gasteiger partial charge in [-0.25, -0.2) is 4.79 Å². The third-order valence-corrected chi connectivity index (χ3v) is 0.524. The Balaban J connectivity index is 3.27. The molecule has 4 heteroatoms. The van der Waals surface area contributed by atoms with Crippen LogP contribution >= 0.6 is 0 Å². The topological polar surface area (TPSA) is 55.4 Å². The van der Waals surface area contributed by atoms with Crippen molar-refractivity contribution in [1.82, 2.24) is 0 Å². The van der Waals surface area contributed by atoms with Gasteiger partial charge in [0.2, 0.25) is 6.29 Å². The van der Waals surface area contributed by atoms with Crippen molar-refractivity contribution >= 4 is 6.16 Å². The fraction of sp³-hybridized carbons (Fsp3) is 0.800. The molecular formula is C5H9O4. The van der Waals surface area contributed by atoms with Gasteiger partial charge in [0, 0.05) is 6.92 Å². The normalized spacial score (nSPS) is 12.3. The van der Waals surface area contributed by atoms with Crippen LogP contribution in [0.15, 0.2) is 0 Å². The second-order valence-electron chi connectivity index (χ2n) is 1.37. The van der Waals surface area contributed by atoms with Crippen LogP contribution in [0.3, 0.4) is 0 Å². The monoisotopic (exact) mass is 133 g/mol. The van der Waals surface area contributed by atoms with Crippen LogP contribution in [0.4, 0.5) is 4.79 Å². The van der Waals surface area contributed by atoms with E-state index in [9.17, 15) is 9.90 Å². The van der Waals surface area contributed by atoms with Gasteiger partial charge in [-0.2, -0.15) is 5.11 Å². The lowest BCUT2D eigenvalue weighted by molar-refractivity contribution is -0.105. The van der Waals surface area contributed by atoms with E-state index in [1.807, 2.05) is 0 Å². The zero-order valence-corrected chi connectivity index (χ0v) is 5.42. The fourth-order valence-electron chi connectivity index (χ4n) is 0.287. The standard InChI is InChI=1S/C5H9O4/c1-3-8-5(7)9-4(2)6/h4H,3H2,1-2H3. The van der Waals surface area contributed by atoms with Crippen LogP contribution in [0.5, 0.6) is 0 Å². The third kappa shape index (κ3) is 5.10. The Bertz CT molecular complexity index is 89.0. The molecule has 0 heterocycles. The quantitative estimate of drug-likeness (QED) is 0.416. The van der Waals surface area contributed by atoms with Crippen LogP contribution in [-0.2, 0) is 14.6 Å². The summed E-state index contributed by atoms with van der Waals surface area (Å²) in [6, 6.07) is 0. The molecule has 0 saturated heterocycles. The smallest absolute Gasteiger partial charge is 0.435 e. The van der Waals surface area contributed by atoms with Crippen molar-refractivity contribution in [1.29, 1.82) is 0 Å². The van der Waals surface area contributed by atoms with Crippen LogP contribution in [0.25, 0.3) is 0 Å². The van der Waals surface area contributed by atoms with Crippen molar-refractivity contribution in [3.63, 3.8) is 0 Å². The Morgan fingerprint density at radius 1 is 1.67 bits per heavy atom. The molecule has 0 aromatic carbocycles. The van der Waals surface area contributed by atoms with Gasteiger partial charge in [0.25, 0.3) is 0 Å². The second-order valence-corrected chi connectivity index (χ2v) is 1.37. The van der Waals surface area contributed by atoms with Gasteiger partial charge < -0.3 is 9.47 Å². The molecule has 0 aromatic heterocycles. The largest absolute Gasteiger partial charge is 0.510 e. The third-order valence-electron chi connectivity index (χ3n) is 0.524. The molecule has 0 amide bonds. The lowest BCUT2D eigenvalue weighted by Gasteiger charge is -2.03.